The predicted molar refractivity (Wildman–Crippen MR) is 78.1 cm³/mol. The van der Waals surface area contributed by atoms with Crippen LogP contribution >= 0.6 is 11.8 Å². The third-order valence-corrected chi connectivity index (χ3v) is 3.60. The Morgan fingerprint density at radius 1 is 1.43 bits per heavy atom. The molecule has 0 aliphatic rings. The molecule has 0 unspecified atom stereocenters. The van der Waals surface area contributed by atoms with Crippen LogP contribution in [0.5, 0.6) is 0 Å². The van der Waals surface area contributed by atoms with Crippen molar-refractivity contribution in [2.45, 2.75) is 18.6 Å². The highest BCUT2D eigenvalue weighted by Gasteiger charge is 2.09. The lowest BCUT2D eigenvalue weighted by molar-refractivity contribution is -0.384. The summed E-state index contributed by atoms with van der Waals surface area (Å²) in [5, 5.41) is 21.6. The van der Waals surface area contributed by atoms with Crippen molar-refractivity contribution in [2.24, 2.45) is 0 Å². The van der Waals surface area contributed by atoms with Gasteiger partial charge in [0.2, 0.25) is 5.91 Å². The van der Waals surface area contributed by atoms with Crippen LogP contribution in [0.3, 0.4) is 0 Å². The number of amides is 1. The molecule has 1 amide bonds. The lowest BCUT2D eigenvalue weighted by atomic mass is 10.3. The summed E-state index contributed by atoms with van der Waals surface area (Å²) in [5.41, 5.74) is 0.501. The predicted octanol–water partition coefficient (Wildman–Crippen LogP) is 1.94. The Morgan fingerprint density at radius 2 is 2.14 bits per heavy atom. The summed E-state index contributed by atoms with van der Waals surface area (Å²) in [6.45, 7) is 2.70. The average Bonchev–Trinajstić information content (AvgIpc) is 2.93. The number of nitrogens with one attached hydrogen (secondary N) is 1. The summed E-state index contributed by atoms with van der Waals surface area (Å²) in [6.07, 6.45) is 1.61. The molecule has 0 aliphatic carbocycles. The molecule has 1 aromatic carbocycles. The van der Waals surface area contributed by atoms with Crippen molar-refractivity contribution in [2.75, 3.05) is 11.1 Å². The summed E-state index contributed by atoms with van der Waals surface area (Å²) < 4.78 is 1.84. The maximum Gasteiger partial charge on any atom is 0.269 e. The molecule has 1 aromatic heterocycles. The van der Waals surface area contributed by atoms with Crippen molar-refractivity contribution in [3.63, 3.8) is 0 Å². The molecule has 0 saturated carbocycles. The summed E-state index contributed by atoms with van der Waals surface area (Å²) in [7, 11) is 0. The quantitative estimate of drug-likeness (QED) is 0.497. The molecule has 0 bridgehead atoms. The molecule has 1 N–H and O–H groups in total. The maximum absolute atomic E-state index is 11.8. The number of hydrogen-bond acceptors (Lipinski definition) is 6. The Morgan fingerprint density at radius 3 is 2.76 bits per heavy atom. The van der Waals surface area contributed by atoms with Gasteiger partial charge in [0, 0.05) is 24.4 Å². The van der Waals surface area contributed by atoms with Crippen molar-refractivity contribution in [3.05, 3.63) is 40.7 Å². The second-order valence-electron chi connectivity index (χ2n) is 4.04. The number of aryl methyl sites for hydroxylation is 1. The standard InChI is InChI=1S/C12H13N5O3S/c1-2-16-8-13-15-12(16)21-7-11(18)14-9-3-5-10(6-4-9)17(19)20/h3-6,8H,2,7H2,1H3,(H,14,18). The van der Waals surface area contributed by atoms with Crippen molar-refractivity contribution in [1.29, 1.82) is 0 Å². The van der Waals surface area contributed by atoms with Crippen molar-refractivity contribution >= 4 is 29.0 Å². The minimum absolute atomic E-state index is 0.0154. The van der Waals surface area contributed by atoms with Gasteiger partial charge < -0.3 is 9.88 Å². The number of nitro benzene ring substituents is 1. The van der Waals surface area contributed by atoms with Crippen LogP contribution < -0.4 is 5.32 Å². The first-order valence-electron chi connectivity index (χ1n) is 6.15. The van der Waals surface area contributed by atoms with E-state index in [0.29, 0.717) is 10.8 Å². The molecule has 8 nitrogen and oxygen atoms in total. The maximum atomic E-state index is 11.8. The number of aromatic nitrogens is 3. The molecule has 9 heteroatoms. The number of carbonyl (C=O) groups is 1. The number of carbonyl (C=O) groups excluding carboxylic acids is 1. The Bertz CT molecular complexity index is 641. The molecule has 0 saturated heterocycles. The molecule has 110 valence electrons. The van der Waals surface area contributed by atoms with E-state index in [1.165, 1.54) is 36.0 Å². The fourth-order valence-electron chi connectivity index (χ4n) is 1.57. The molecule has 2 aromatic rings. The fourth-order valence-corrected chi connectivity index (χ4v) is 2.35. The first-order chi connectivity index (χ1) is 10.1. The molecule has 21 heavy (non-hydrogen) atoms. The van der Waals surface area contributed by atoms with Gasteiger partial charge in [0.15, 0.2) is 5.16 Å². The number of nitrogens with zero attached hydrogens (tertiary/aromatic N) is 4. The minimum atomic E-state index is -0.487. The number of non-ortho nitro benzene ring substituents is 1. The van der Waals surface area contributed by atoms with Crippen LogP contribution in [0.1, 0.15) is 6.92 Å². The van der Waals surface area contributed by atoms with E-state index >= 15 is 0 Å². The Hall–Kier alpha value is -2.42. The normalized spacial score (nSPS) is 10.3. The highest BCUT2D eigenvalue weighted by Crippen LogP contribution is 2.17. The Kier molecular flexibility index (Phi) is 4.88. The number of rotatable bonds is 6. The number of thioether (sulfide) groups is 1. The topological polar surface area (TPSA) is 103 Å². The van der Waals surface area contributed by atoms with Gasteiger partial charge in [-0.3, -0.25) is 14.9 Å². The Balaban J connectivity index is 1.88. The number of nitro groups is 1. The molecule has 0 fully saturated rings. The van der Waals surface area contributed by atoms with E-state index in [4.69, 9.17) is 0 Å². The van der Waals surface area contributed by atoms with Crippen LogP contribution in [-0.2, 0) is 11.3 Å². The highest BCUT2D eigenvalue weighted by atomic mass is 32.2. The largest absolute Gasteiger partial charge is 0.325 e. The second-order valence-corrected chi connectivity index (χ2v) is 4.98. The van der Waals surface area contributed by atoms with Crippen LogP contribution in [0.2, 0.25) is 0 Å². The van der Waals surface area contributed by atoms with Crippen molar-refractivity contribution in [1.82, 2.24) is 14.8 Å². The molecule has 1 heterocycles. The zero-order chi connectivity index (χ0) is 15.2. The third-order valence-electron chi connectivity index (χ3n) is 2.61. The van der Waals surface area contributed by atoms with Crippen molar-refractivity contribution < 1.29 is 9.72 Å². The first kappa shape index (κ1) is 15.0. The molecule has 0 spiro atoms. The van der Waals surface area contributed by atoms with Crippen LogP contribution in [0.4, 0.5) is 11.4 Å². The Labute approximate surface area is 124 Å². The van der Waals surface area contributed by atoms with Crippen LogP contribution in [0.15, 0.2) is 35.7 Å². The lowest BCUT2D eigenvalue weighted by Crippen LogP contribution is -2.14. The molecule has 0 atom stereocenters. The van der Waals surface area contributed by atoms with Gasteiger partial charge in [-0.15, -0.1) is 10.2 Å². The van der Waals surface area contributed by atoms with Crippen LogP contribution in [-0.4, -0.2) is 31.3 Å². The highest BCUT2D eigenvalue weighted by molar-refractivity contribution is 7.99. The van der Waals surface area contributed by atoms with Crippen LogP contribution in [0.25, 0.3) is 0 Å². The average molecular weight is 307 g/mol. The van der Waals surface area contributed by atoms with Gasteiger partial charge in [-0.2, -0.15) is 0 Å². The molecule has 0 radical (unpaired) electrons. The molecular formula is C12H13N5O3S. The van der Waals surface area contributed by atoms with E-state index in [2.05, 4.69) is 15.5 Å². The number of hydrogen-bond donors (Lipinski definition) is 1. The van der Waals surface area contributed by atoms with Gasteiger partial charge in [0.05, 0.1) is 10.7 Å². The van der Waals surface area contributed by atoms with E-state index in [9.17, 15) is 14.9 Å². The molecular weight excluding hydrogens is 294 g/mol. The van der Waals surface area contributed by atoms with Gasteiger partial charge in [0.1, 0.15) is 6.33 Å². The van der Waals surface area contributed by atoms with Crippen molar-refractivity contribution in [3.8, 4) is 0 Å². The smallest absolute Gasteiger partial charge is 0.269 e. The minimum Gasteiger partial charge on any atom is -0.325 e. The third kappa shape index (κ3) is 4.02. The van der Waals surface area contributed by atoms with E-state index in [1.54, 1.807) is 6.33 Å². The fraction of sp³-hybridized carbons (Fsp3) is 0.250. The second kappa shape index (κ2) is 6.84. The summed E-state index contributed by atoms with van der Waals surface area (Å²) in [5.74, 6) is -0.0186. The first-order valence-corrected chi connectivity index (χ1v) is 7.13. The number of anilines is 1. The zero-order valence-electron chi connectivity index (χ0n) is 11.2. The van der Waals surface area contributed by atoms with Gasteiger partial charge >= 0.3 is 0 Å². The van der Waals surface area contributed by atoms with Gasteiger partial charge in [-0.25, -0.2) is 0 Å². The summed E-state index contributed by atoms with van der Waals surface area (Å²) >= 11 is 1.28. The SMILES string of the molecule is CCn1cnnc1SCC(=O)Nc1ccc([N+](=O)[O-])cc1. The van der Waals surface area contributed by atoms with Crippen LogP contribution in [0, 0.1) is 10.1 Å². The molecule has 0 aliphatic heterocycles. The zero-order valence-corrected chi connectivity index (χ0v) is 12.0. The lowest BCUT2D eigenvalue weighted by Gasteiger charge is -2.05. The van der Waals surface area contributed by atoms with E-state index < -0.39 is 4.92 Å². The molecule has 2 rings (SSSR count). The monoisotopic (exact) mass is 307 g/mol. The van der Waals surface area contributed by atoms with Gasteiger partial charge in [-0.1, -0.05) is 11.8 Å². The van der Waals surface area contributed by atoms with E-state index in [-0.39, 0.29) is 17.3 Å². The summed E-state index contributed by atoms with van der Waals surface area (Å²) in [4.78, 5) is 21.8. The number of benzene rings is 1. The van der Waals surface area contributed by atoms with E-state index in [1.807, 2.05) is 11.5 Å². The summed E-state index contributed by atoms with van der Waals surface area (Å²) in [6, 6.07) is 5.68. The van der Waals surface area contributed by atoms with Gasteiger partial charge in [0.25, 0.3) is 5.69 Å². The van der Waals surface area contributed by atoms with E-state index in [0.717, 1.165) is 6.54 Å². The van der Waals surface area contributed by atoms with Gasteiger partial charge in [-0.05, 0) is 19.1 Å².